The van der Waals surface area contributed by atoms with Crippen LogP contribution in [0.3, 0.4) is 0 Å². The Hall–Kier alpha value is -0.870. The van der Waals surface area contributed by atoms with Crippen LogP contribution >= 0.6 is 11.6 Å². The van der Waals surface area contributed by atoms with Crippen LogP contribution in [-0.2, 0) is 6.61 Å². The lowest BCUT2D eigenvalue weighted by atomic mass is 10.2. The first-order valence-electron chi connectivity index (χ1n) is 5.64. The molecule has 0 unspecified atom stereocenters. The first-order chi connectivity index (χ1) is 7.77. The Morgan fingerprint density at radius 3 is 2.81 bits per heavy atom. The van der Waals surface area contributed by atoms with Crippen LogP contribution in [0.5, 0.6) is 0 Å². The maximum Gasteiger partial charge on any atom is 0.140 e. The van der Waals surface area contributed by atoms with Gasteiger partial charge >= 0.3 is 0 Å². The monoisotopic (exact) mass is 241 g/mol. The van der Waals surface area contributed by atoms with Gasteiger partial charge in [0.2, 0.25) is 0 Å². The number of aromatic nitrogens is 2. The van der Waals surface area contributed by atoms with Gasteiger partial charge in [0.1, 0.15) is 17.3 Å². The molecule has 1 aliphatic rings. The number of hydrogen-bond donors (Lipinski definition) is 1. The van der Waals surface area contributed by atoms with E-state index in [-0.39, 0.29) is 6.61 Å². The van der Waals surface area contributed by atoms with Crippen LogP contribution in [-0.4, -0.2) is 27.7 Å². The van der Waals surface area contributed by atoms with Gasteiger partial charge in [0.15, 0.2) is 0 Å². The van der Waals surface area contributed by atoms with Crippen LogP contribution in [0, 0.1) is 0 Å². The van der Waals surface area contributed by atoms with Gasteiger partial charge in [-0.05, 0) is 19.3 Å². The number of aliphatic hydroxyl groups excluding tert-OH is 1. The fourth-order valence-corrected chi connectivity index (χ4v) is 2.04. The number of nitrogens with zero attached hydrogens (tertiary/aromatic N) is 3. The molecule has 0 aromatic carbocycles. The first-order valence-corrected chi connectivity index (χ1v) is 6.02. The van der Waals surface area contributed by atoms with Crippen LogP contribution in [0.25, 0.3) is 0 Å². The number of aliphatic hydroxyl groups is 1. The van der Waals surface area contributed by atoms with Crippen LogP contribution in [0.4, 0.5) is 5.82 Å². The van der Waals surface area contributed by atoms with Crippen molar-refractivity contribution in [2.24, 2.45) is 0 Å². The van der Waals surface area contributed by atoms with Gasteiger partial charge in [-0.2, -0.15) is 0 Å². The van der Waals surface area contributed by atoms with E-state index in [1.807, 2.05) is 0 Å². The standard InChI is InChI=1S/C11H16ClN3O/c1-2-5-15(8-3-4-8)11-9(6-16)10(12)13-7-14-11/h7-8,16H,2-6H2,1H3. The molecular formula is C11H16ClN3O. The largest absolute Gasteiger partial charge is 0.391 e. The van der Waals surface area contributed by atoms with Gasteiger partial charge in [-0.15, -0.1) is 0 Å². The molecule has 4 nitrogen and oxygen atoms in total. The van der Waals surface area contributed by atoms with E-state index in [0.717, 1.165) is 18.8 Å². The van der Waals surface area contributed by atoms with E-state index in [1.54, 1.807) is 0 Å². The summed E-state index contributed by atoms with van der Waals surface area (Å²) in [4.78, 5) is 10.4. The minimum absolute atomic E-state index is 0.109. The smallest absolute Gasteiger partial charge is 0.140 e. The van der Waals surface area contributed by atoms with Crippen LogP contribution in [0.15, 0.2) is 6.33 Å². The molecule has 1 heterocycles. The lowest BCUT2D eigenvalue weighted by Crippen LogP contribution is -2.28. The first kappa shape index (κ1) is 11.6. The molecule has 0 spiro atoms. The van der Waals surface area contributed by atoms with E-state index in [9.17, 15) is 5.11 Å². The molecule has 1 aromatic rings. The van der Waals surface area contributed by atoms with E-state index >= 15 is 0 Å². The van der Waals surface area contributed by atoms with Crippen LogP contribution in [0.1, 0.15) is 31.7 Å². The van der Waals surface area contributed by atoms with E-state index < -0.39 is 0 Å². The van der Waals surface area contributed by atoms with Crippen molar-refractivity contribution in [3.8, 4) is 0 Å². The third kappa shape index (κ3) is 2.28. The highest BCUT2D eigenvalue weighted by atomic mass is 35.5. The second-order valence-corrected chi connectivity index (χ2v) is 4.41. The van der Waals surface area contributed by atoms with Gasteiger partial charge in [0.05, 0.1) is 12.2 Å². The van der Waals surface area contributed by atoms with Gasteiger partial charge in [-0.1, -0.05) is 18.5 Å². The molecule has 2 rings (SSSR count). The summed E-state index contributed by atoms with van der Waals surface area (Å²) >= 11 is 5.96. The maximum absolute atomic E-state index is 9.33. The Morgan fingerprint density at radius 1 is 1.50 bits per heavy atom. The summed E-state index contributed by atoms with van der Waals surface area (Å²) in [5, 5.41) is 9.68. The number of anilines is 1. The highest BCUT2D eigenvalue weighted by Gasteiger charge is 2.31. The predicted octanol–water partition coefficient (Wildman–Crippen LogP) is 2.00. The van der Waals surface area contributed by atoms with Crippen molar-refractivity contribution < 1.29 is 5.11 Å². The average molecular weight is 242 g/mol. The molecule has 5 heteroatoms. The predicted molar refractivity (Wildman–Crippen MR) is 63.6 cm³/mol. The summed E-state index contributed by atoms with van der Waals surface area (Å²) in [5.74, 6) is 0.798. The summed E-state index contributed by atoms with van der Waals surface area (Å²) in [6, 6.07) is 0.566. The molecule has 16 heavy (non-hydrogen) atoms. The molecule has 1 aromatic heterocycles. The minimum atomic E-state index is -0.109. The highest BCUT2D eigenvalue weighted by Crippen LogP contribution is 2.33. The summed E-state index contributed by atoms with van der Waals surface area (Å²) < 4.78 is 0. The van der Waals surface area contributed by atoms with Gasteiger partial charge in [0.25, 0.3) is 0 Å². The van der Waals surface area contributed by atoms with Crippen molar-refractivity contribution in [1.82, 2.24) is 9.97 Å². The fraction of sp³-hybridized carbons (Fsp3) is 0.636. The lowest BCUT2D eigenvalue weighted by molar-refractivity contribution is 0.281. The molecule has 0 radical (unpaired) electrons. The molecule has 88 valence electrons. The topological polar surface area (TPSA) is 49.2 Å². The molecule has 0 amide bonds. The number of rotatable bonds is 5. The molecule has 1 fully saturated rings. The van der Waals surface area contributed by atoms with Gasteiger partial charge in [-0.3, -0.25) is 0 Å². The number of halogens is 1. The normalized spacial score (nSPS) is 15.2. The molecule has 1 aliphatic carbocycles. The van der Waals surface area contributed by atoms with Crippen molar-refractivity contribution in [3.63, 3.8) is 0 Å². The second-order valence-electron chi connectivity index (χ2n) is 4.05. The zero-order valence-corrected chi connectivity index (χ0v) is 10.1. The van der Waals surface area contributed by atoms with Crippen LogP contribution in [0.2, 0.25) is 5.15 Å². The van der Waals surface area contributed by atoms with Crippen molar-refractivity contribution in [2.75, 3.05) is 11.4 Å². The Morgan fingerprint density at radius 2 is 2.25 bits per heavy atom. The zero-order chi connectivity index (χ0) is 11.5. The molecular weight excluding hydrogens is 226 g/mol. The van der Waals surface area contributed by atoms with Crippen molar-refractivity contribution >= 4 is 17.4 Å². The van der Waals surface area contributed by atoms with Crippen molar-refractivity contribution in [1.29, 1.82) is 0 Å². The lowest BCUT2D eigenvalue weighted by Gasteiger charge is -2.24. The maximum atomic E-state index is 9.33. The zero-order valence-electron chi connectivity index (χ0n) is 9.36. The van der Waals surface area contributed by atoms with Crippen molar-refractivity contribution in [3.05, 3.63) is 17.0 Å². The van der Waals surface area contributed by atoms with Gasteiger partial charge < -0.3 is 10.0 Å². The van der Waals surface area contributed by atoms with Crippen LogP contribution < -0.4 is 4.90 Å². The Kier molecular flexibility index (Phi) is 3.61. The Bertz CT molecular complexity index is 368. The van der Waals surface area contributed by atoms with E-state index in [4.69, 9.17) is 11.6 Å². The molecule has 0 aliphatic heterocycles. The Balaban J connectivity index is 2.32. The summed E-state index contributed by atoms with van der Waals surface area (Å²) in [5.41, 5.74) is 0.643. The van der Waals surface area contributed by atoms with E-state index in [1.165, 1.54) is 19.2 Å². The summed E-state index contributed by atoms with van der Waals surface area (Å²) in [7, 11) is 0. The average Bonchev–Trinajstić information content (AvgIpc) is 3.09. The summed E-state index contributed by atoms with van der Waals surface area (Å²) in [6.45, 7) is 2.98. The third-order valence-corrected chi connectivity index (χ3v) is 3.08. The minimum Gasteiger partial charge on any atom is -0.391 e. The Labute approximate surface area is 100 Å². The van der Waals surface area contributed by atoms with Crippen molar-refractivity contribution in [2.45, 2.75) is 38.8 Å². The fourth-order valence-electron chi connectivity index (χ4n) is 1.85. The molecule has 1 N–H and O–H groups in total. The molecule has 1 saturated carbocycles. The second kappa shape index (κ2) is 4.97. The highest BCUT2D eigenvalue weighted by molar-refractivity contribution is 6.30. The molecule has 0 bridgehead atoms. The van der Waals surface area contributed by atoms with E-state index in [0.29, 0.717) is 16.8 Å². The number of hydrogen-bond acceptors (Lipinski definition) is 4. The van der Waals surface area contributed by atoms with Gasteiger partial charge in [-0.25, -0.2) is 9.97 Å². The SMILES string of the molecule is CCCN(c1ncnc(Cl)c1CO)C1CC1. The molecule has 0 saturated heterocycles. The summed E-state index contributed by atoms with van der Waals surface area (Å²) in [6.07, 6.45) is 4.92. The molecule has 0 atom stereocenters. The quantitative estimate of drug-likeness (QED) is 0.802. The third-order valence-electron chi connectivity index (χ3n) is 2.75. The van der Waals surface area contributed by atoms with Gasteiger partial charge in [0, 0.05) is 12.6 Å². The van der Waals surface area contributed by atoms with E-state index in [2.05, 4.69) is 21.8 Å².